The number of nitrogens with zero attached hydrogens (tertiary/aromatic N) is 1. The van der Waals surface area contributed by atoms with Crippen LogP contribution in [0.25, 0.3) is 0 Å². The molecule has 0 radical (unpaired) electrons. The molecular weight excluding hydrogens is 138 g/mol. The molecule has 2 heteroatoms. The maximum atomic E-state index is 10.5. The maximum absolute atomic E-state index is 10.5. The summed E-state index contributed by atoms with van der Waals surface area (Å²) in [7, 11) is 0. The summed E-state index contributed by atoms with van der Waals surface area (Å²) in [5.41, 5.74) is 1.43. The van der Waals surface area contributed by atoms with Gasteiger partial charge in [-0.3, -0.25) is 4.79 Å². The van der Waals surface area contributed by atoms with Crippen LogP contribution in [-0.2, 0) is 4.79 Å². The number of hydrogen-bond donors (Lipinski definition) is 0. The van der Waals surface area contributed by atoms with Gasteiger partial charge in [0.15, 0.2) is 5.78 Å². The number of allylic oxidation sites excluding steroid dienone is 4. The fourth-order valence-corrected chi connectivity index (χ4v) is 0.736. The lowest BCUT2D eigenvalue weighted by molar-refractivity contribution is -0.112. The predicted octanol–water partition coefficient (Wildman–Crippen LogP) is 1.99. The van der Waals surface area contributed by atoms with Crippen LogP contribution in [-0.4, -0.2) is 5.78 Å². The number of hydrogen-bond acceptors (Lipinski definition) is 2. The van der Waals surface area contributed by atoms with Crippen molar-refractivity contribution in [1.82, 2.24) is 0 Å². The average Bonchev–Trinajstić information content (AvgIpc) is 1.85. The summed E-state index contributed by atoms with van der Waals surface area (Å²) in [4.78, 5) is 10.5. The first-order valence-electron chi connectivity index (χ1n) is 3.33. The van der Waals surface area contributed by atoms with E-state index in [-0.39, 0.29) is 5.78 Å². The van der Waals surface area contributed by atoms with Gasteiger partial charge in [-0.2, -0.15) is 5.26 Å². The first-order valence-corrected chi connectivity index (χ1v) is 3.33. The molecule has 0 N–H and O–H groups in total. The Morgan fingerprint density at radius 1 is 1.27 bits per heavy atom. The van der Waals surface area contributed by atoms with Gasteiger partial charge in [-0.25, -0.2) is 0 Å². The summed E-state index contributed by atoms with van der Waals surface area (Å²) < 4.78 is 0. The third-order valence-electron chi connectivity index (χ3n) is 1.05. The molecule has 0 bridgehead atoms. The molecule has 0 atom stereocenters. The molecule has 0 aromatic rings. The largest absolute Gasteiger partial charge is 0.295 e. The number of nitriles is 1. The van der Waals surface area contributed by atoms with Crippen LogP contribution in [0.1, 0.15) is 20.8 Å². The van der Waals surface area contributed by atoms with Crippen molar-refractivity contribution in [2.75, 3.05) is 0 Å². The molecule has 0 unspecified atom stereocenters. The van der Waals surface area contributed by atoms with Gasteiger partial charge < -0.3 is 0 Å². The predicted molar refractivity (Wildman–Crippen MR) is 43.8 cm³/mol. The molecule has 11 heavy (non-hydrogen) atoms. The highest BCUT2D eigenvalue weighted by Crippen LogP contribution is 1.99. The molecule has 0 rings (SSSR count). The van der Waals surface area contributed by atoms with Crippen molar-refractivity contribution in [2.24, 2.45) is 0 Å². The molecule has 0 heterocycles. The maximum Gasteiger partial charge on any atom is 0.152 e. The number of rotatable bonds is 2. The first kappa shape index (κ1) is 9.64. The van der Waals surface area contributed by atoms with Crippen LogP contribution in [0.15, 0.2) is 23.3 Å². The summed E-state index contributed by atoms with van der Waals surface area (Å²) in [5.74, 6) is 0.00416. The van der Waals surface area contributed by atoms with E-state index in [0.717, 1.165) is 5.57 Å². The van der Waals surface area contributed by atoms with Crippen molar-refractivity contribution in [2.45, 2.75) is 20.8 Å². The highest BCUT2D eigenvalue weighted by Gasteiger charge is 1.88. The van der Waals surface area contributed by atoms with Gasteiger partial charge in [0.05, 0.1) is 6.07 Å². The average molecular weight is 149 g/mol. The van der Waals surface area contributed by atoms with Crippen molar-refractivity contribution < 1.29 is 4.79 Å². The van der Waals surface area contributed by atoms with E-state index in [4.69, 9.17) is 5.26 Å². The molecule has 0 amide bonds. The lowest BCUT2D eigenvalue weighted by atomic mass is 10.2. The molecule has 58 valence electrons. The van der Waals surface area contributed by atoms with Gasteiger partial charge >= 0.3 is 0 Å². The van der Waals surface area contributed by atoms with E-state index in [0.29, 0.717) is 5.57 Å². The normalized spacial score (nSPS) is 12.5. The molecule has 0 aromatic heterocycles. The minimum Gasteiger partial charge on any atom is -0.295 e. The Morgan fingerprint density at radius 3 is 2.18 bits per heavy atom. The minimum atomic E-state index is 0.00416. The highest BCUT2D eigenvalue weighted by atomic mass is 16.1. The monoisotopic (exact) mass is 149 g/mol. The SMILES string of the molecule is CC(=O)/C=C(C)/C=C(\C)C#N. The van der Waals surface area contributed by atoms with E-state index in [1.54, 1.807) is 19.9 Å². The third-order valence-corrected chi connectivity index (χ3v) is 1.05. The first-order chi connectivity index (χ1) is 5.06. The van der Waals surface area contributed by atoms with Gasteiger partial charge in [-0.1, -0.05) is 0 Å². The Labute approximate surface area is 66.8 Å². The van der Waals surface area contributed by atoms with Crippen molar-refractivity contribution in [3.8, 4) is 6.07 Å². The molecule has 0 saturated carbocycles. The Bertz CT molecular complexity index is 253. The van der Waals surface area contributed by atoms with Crippen LogP contribution >= 0.6 is 0 Å². The second-order valence-electron chi connectivity index (χ2n) is 2.44. The topological polar surface area (TPSA) is 40.9 Å². The van der Waals surface area contributed by atoms with Crippen LogP contribution in [0.3, 0.4) is 0 Å². The van der Waals surface area contributed by atoms with E-state index in [2.05, 4.69) is 0 Å². The molecule has 0 aliphatic heterocycles. The Kier molecular flexibility index (Phi) is 3.90. The molecule has 0 saturated heterocycles. The van der Waals surface area contributed by atoms with E-state index in [1.807, 2.05) is 6.07 Å². The number of ketones is 1. The van der Waals surface area contributed by atoms with Crippen LogP contribution in [0.2, 0.25) is 0 Å². The fourth-order valence-electron chi connectivity index (χ4n) is 0.736. The second kappa shape index (κ2) is 4.45. The van der Waals surface area contributed by atoms with Crippen molar-refractivity contribution >= 4 is 5.78 Å². The summed E-state index contributed by atoms with van der Waals surface area (Å²) in [5, 5.41) is 8.39. The zero-order chi connectivity index (χ0) is 8.85. The zero-order valence-corrected chi connectivity index (χ0v) is 7.01. The lowest BCUT2D eigenvalue weighted by Gasteiger charge is -1.89. The smallest absolute Gasteiger partial charge is 0.152 e. The van der Waals surface area contributed by atoms with Crippen LogP contribution in [0.5, 0.6) is 0 Å². The van der Waals surface area contributed by atoms with Crippen LogP contribution < -0.4 is 0 Å². The molecule has 0 fully saturated rings. The standard InChI is InChI=1S/C9H11NO/c1-7(5-9(3)11)4-8(2)6-10/h4-5H,1-3H3/b7-5+,8-4+. The quantitative estimate of drug-likeness (QED) is 0.342. The summed E-state index contributed by atoms with van der Waals surface area (Å²) >= 11 is 0. The van der Waals surface area contributed by atoms with Crippen LogP contribution in [0, 0.1) is 11.3 Å². The second-order valence-corrected chi connectivity index (χ2v) is 2.44. The molecule has 2 nitrogen and oxygen atoms in total. The summed E-state index contributed by atoms with van der Waals surface area (Å²) in [6.45, 7) is 4.98. The zero-order valence-electron chi connectivity index (χ0n) is 7.01. The van der Waals surface area contributed by atoms with E-state index in [9.17, 15) is 4.79 Å². The van der Waals surface area contributed by atoms with Gasteiger partial charge in [-0.05, 0) is 38.5 Å². The molecular formula is C9H11NO. The van der Waals surface area contributed by atoms with Gasteiger partial charge in [0.2, 0.25) is 0 Å². The van der Waals surface area contributed by atoms with E-state index >= 15 is 0 Å². The van der Waals surface area contributed by atoms with Gasteiger partial charge in [0.25, 0.3) is 0 Å². The lowest BCUT2D eigenvalue weighted by Crippen LogP contribution is -1.83. The molecule has 0 spiro atoms. The minimum absolute atomic E-state index is 0.00416. The van der Waals surface area contributed by atoms with Gasteiger partial charge in [-0.15, -0.1) is 0 Å². The molecule has 0 aliphatic rings. The van der Waals surface area contributed by atoms with E-state index < -0.39 is 0 Å². The highest BCUT2D eigenvalue weighted by molar-refractivity contribution is 5.88. The number of carbonyl (C=O) groups excluding carboxylic acids is 1. The Balaban J connectivity index is 4.42. The summed E-state index contributed by atoms with van der Waals surface area (Å²) in [6.07, 6.45) is 3.18. The number of carbonyl (C=O) groups is 1. The van der Waals surface area contributed by atoms with Crippen molar-refractivity contribution in [3.63, 3.8) is 0 Å². The summed E-state index contributed by atoms with van der Waals surface area (Å²) in [6, 6.07) is 1.98. The Hall–Kier alpha value is -1.36. The van der Waals surface area contributed by atoms with E-state index in [1.165, 1.54) is 13.0 Å². The molecule has 0 aromatic carbocycles. The Morgan fingerprint density at radius 2 is 1.82 bits per heavy atom. The fraction of sp³-hybridized carbons (Fsp3) is 0.333. The van der Waals surface area contributed by atoms with Gasteiger partial charge in [0, 0.05) is 5.57 Å². The molecule has 0 aliphatic carbocycles. The van der Waals surface area contributed by atoms with Crippen LogP contribution in [0.4, 0.5) is 0 Å². The van der Waals surface area contributed by atoms with Gasteiger partial charge in [0.1, 0.15) is 0 Å². The van der Waals surface area contributed by atoms with Crippen molar-refractivity contribution in [1.29, 1.82) is 5.26 Å². The third kappa shape index (κ3) is 5.10. The van der Waals surface area contributed by atoms with Crippen molar-refractivity contribution in [3.05, 3.63) is 23.3 Å².